The molecule has 0 atom stereocenters. The predicted octanol–water partition coefficient (Wildman–Crippen LogP) is 3.31. The first-order chi connectivity index (χ1) is 12.4. The summed E-state index contributed by atoms with van der Waals surface area (Å²) >= 11 is 0. The van der Waals surface area contributed by atoms with E-state index in [1.54, 1.807) is 34.7 Å². The van der Waals surface area contributed by atoms with Gasteiger partial charge in [-0.15, -0.1) is 10.2 Å². The average Bonchev–Trinajstić information content (AvgIpc) is 2.89. The van der Waals surface area contributed by atoms with E-state index in [0.717, 1.165) is 5.56 Å². The standard InChI is InChI=1S/C18H16N4O4/c1-11-2-7-15-19-14(9-17(25)26)18(22(15)10-11)21-20-13-5-3-12(4-6-13)8-16(23)24/h2-7,10H,8-9H2,1H3,(H,23,24)(H,25,26). The molecule has 3 aromatic rings. The first-order valence-corrected chi connectivity index (χ1v) is 7.84. The van der Waals surface area contributed by atoms with Crippen molar-refractivity contribution in [3.05, 3.63) is 59.4 Å². The van der Waals surface area contributed by atoms with Gasteiger partial charge in [0.15, 0.2) is 5.82 Å². The molecular formula is C18H16N4O4. The highest BCUT2D eigenvalue weighted by atomic mass is 16.4. The summed E-state index contributed by atoms with van der Waals surface area (Å²) in [7, 11) is 0. The van der Waals surface area contributed by atoms with E-state index in [1.165, 1.54) is 0 Å². The van der Waals surface area contributed by atoms with Crippen molar-refractivity contribution in [1.29, 1.82) is 0 Å². The molecule has 132 valence electrons. The number of carbonyl (C=O) groups is 2. The quantitative estimate of drug-likeness (QED) is 0.660. The SMILES string of the molecule is Cc1ccc2nc(CC(=O)O)c(N=Nc3ccc(CC(=O)O)cc3)n2c1. The number of aromatic nitrogens is 2. The molecule has 0 spiro atoms. The van der Waals surface area contributed by atoms with Crippen LogP contribution in [0.25, 0.3) is 5.65 Å². The number of hydrogen-bond acceptors (Lipinski definition) is 5. The number of benzene rings is 1. The number of azo groups is 1. The van der Waals surface area contributed by atoms with Gasteiger partial charge in [-0.25, -0.2) is 4.98 Å². The topological polar surface area (TPSA) is 117 Å². The van der Waals surface area contributed by atoms with E-state index in [2.05, 4.69) is 15.2 Å². The van der Waals surface area contributed by atoms with Gasteiger partial charge in [0, 0.05) is 6.20 Å². The maximum Gasteiger partial charge on any atom is 0.309 e. The molecule has 0 aliphatic rings. The predicted molar refractivity (Wildman–Crippen MR) is 93.2 cm³/mol. The molecule has 2 aromatic heterocycles. The Morgan fingerprint density at radius 2 is 1.69 bits per heavy atom. The van der Waals surface area contributed by atoms with Crippen LogP contribution in [-0.4, -0.2) is 31.5 Å². The number of fused-ring (bicyclic) bond motifs is 1. The molecule has 0 fully saturated rings. The molecule has 0 bridgehead atoms. The highest BCUT2D eigenvalue weighted by Gasteiger charge is 2.15. The summed E-state index contributed by atoms with van der Waals surface area (Å²) < 4.78 is 1.70. The normalized spacial score (nSPS) is 11.3. The number of nitrogens with zero attached hydrogens (tertiary/aromatic N) is 4. The van der Waals surface area contributed by atoms with E-state index in [-0.39, 0.29) is 12.8 Å². The second kappa shape index (κ2) is 7.14. The molecule has 26 heavy (non-hydrogen) atoms. The average molecular weight is 352 g/mol. The Labute approximate surface area is 148 Å². The molecule has 2 heterocycles. The number of carboxylic acids is 2. The minimum absolute atomic E-state index is 0.0628. The van der Waals surface area contributed by atoms with Crippen LogP contribution in [0.15, 0.2) is 52.8 Å². The van der Waals surface area contributed by atoms with Crippen LogP contribution in [0.3, 0.4) is 0 Å². The van der Waals surface area contributed by atoms with Gasteiger partial charge in [0.1, 0.15) is 5.65 Å². The fourth-order valence-corrected chi connectivity index (χ4v) is 2.52. The van der Waals surface area contributed by atoms with Crippen LogP contribution >= 0.6 is 0 Å². The van der Waals surface area contributed by atoms with Crippen molar-refractivity contribution in [2.45, 2.75) is 19.8 Å². The Bertz CT molecular complexity index is 1010. The fraction of sp³-hybridized carbons (Fsp3) is 0.167. The third-order valence-electron chi connectivity index (χ3n) is 3.68. The zero-order valence-electron chi connectivity index (χ0n) is 14.0. The lowest BCUT2D eigenvalue weighted by Gasteiger charge is -2.00. The number of aryl methyl sites for hydroxylation is 1. The highest BCUT2D eigenvalue weighted by molar-refractivity contribution is 5.72. The second-order valence-electron chi connectivity index (χ2n) is 5.82. The van der Waals surface area contributed by atoms with E-state index < -0.39 is 11.9 Å². The van der Waals surface area contributed by atoms with Crippen molar-refractivity contribution in [3.8, 4) is 0 Å². The third-order valence-corrected chi connectivity index (χ3v) is 3.68. The molecule has 2 N–H and O–H groups in total. The summed E-state index contributed by atoms with van der Waals surface area (Å²) in [5.74, 6) is -1.54. The number of pyridine rings is 1. The Balaban J connectivity index is 1.95. The monoisotopic (exact) mass is 352 g/mol. The summed E-state index contributed by atoms with van der Waals surface area (Å²) in [4.78, 5) is 26.1. The van der Waals surface area contributed by atoms with Crippen LogP contribution in [-0.2, 0) is 22.4 Å². The number of hydrogen-bond donors (Lipinski definition) is 2. The molecule has 0 saturated heterocycles. The Morgan fingerprint density at radius 3 is 2.35 bits per heavy atom. The lowest BCUT2D eigenvalue weighted by molar-refractivity contribution is -0.137. The van der Waals surface area contributed by atoms with Crippen molar-refractivity contribution in [1.82, 2.24) is 9.38 Å². The summed E-state index contributed by atoms with van der Waals surface area (Å²) in [6, 6.07) is 10.3. The van der Waals surface area contributed by atoms with Crippen molar-refractivity contribution < 1.29 is 19.8 Å². The van der Waals surface area contributed by atoms with E-state index in [1.807, 2.05) is 19.2 Å². The van der Waals surface area contributed by atoms with Crippen LogP contribution < -0.4 is 0 Å². The molecule has 1 aromatic carbocycles. The zero-order chi connectivity index (χ0) is 18.7. The minimum Gasteiger partial charge on any atom is -0.481 e. The van der Waals surface area contributed by atoms with E-state index in [9.17, 15) is 9.59 Å². The second-order valence-corrected chi connectivity index (χ2v) is 5.82. The number of carboxylic acid groups (broad SMARTS) is 2. The van der Waals surface area contributed by atoms with Gasteiger partial charge in [-0.05, 0) is 36.2 Å². The zero-order valence-corrected chi connectivity index (χ0v) is 14.0. The number of imidazole rings is 1. The fourth-order valence-electron chi connectivity index (χ4n) is 2.52. The van der Waals surface area contributed by atoms with Crippen molar-refractivity contribution >= 4 is 29.1 Å². The molecule has 8 heteroatoms. The molecule has 8 nitrogen and oxygen atoms in total. The van der Waals surface area contributed by atoms with Gasteiger partial charge < -0.3 is 10.2 Å². The van der Waals surface area contributed by atoms with Gasteiger partial charge in [0.2, 0.25) is 0 Å². The molecule has 0 unspecified atom stereocenters. The minimum atomic E-state index is -1.00. The first-order valence-electron chi connectivity index (χ1n) is 7.84. The maximum atomic E-state index is 11.1. The van der Waals surface area contributed by atoms with Crippen LogP contribution in [0.2, 0.25) is 0 Å². The van der Waals surface area contributed by atoms with Crippen molar-refractivity contribution in [2.75, 3.05) is 0 Å². The van der Waals surface area contributed by atoms with E-state index >= 15 is 0 Å². The smallest absolute Gasteiger partial charge is 0.309 e. The Morgan fingerprint density at radius 1 is 1.00 bits per heavy atom. The van der Waals surface area contributed by atoms with Gasteiger partial charge in [-0.2, -0.15) is 0 Å². The van der Waals surface area contributed by atoms with Gasteiger partial charge >= 0.3 is 11.9 Å². The number of rotatable bonds is 6. The van der Waals surface area contributed by atoms with Crippen molar-refractivity contribution in [2.24, 2.45) is 10.2 Å². The number of aliphatic carboxylic acids is 2. The van der Waals surface area contributed by atoms with E-state index in [0.29, 0.717) is 28.4 Å². The van der Waals surface area contributed by atoms with Gasteiger partial charge in [-0.1, -0.05) is 18.2 Å². The van der Waals surface area contributed by atoms with Crippen LogP contribution in [0.4, 0.5) is 11.5 Å². The summed E-state index contributed by atoms with van der Waals surface area (Å²) in [6.07, 6.45) is 1.50. The Hall–Kier alpha value is -3.55. The molecule has 3 rings (SSSR count). The molecule has 0 aliphatic carbocycles. The summed E-state index contributed by atoms with van der Waals surface area (Å²) in [5, 5.41) is 26.2. The van der Waals surface area contributed by atoms with Gasteiger partial charge in [0.05, 0.1) is 24.2 Å². The van der Waals surface area contributed by atoms with Crippen molar-refractivity contribution in [3.63, 3.8) is 0 Å². The third kappa shape index (κ3) is 3.92. The summed E-state index contributed by atoms with van der Waals surface area (Å²) in [6.45, 7) is 1.92. The molecule has 0 aliphatic heterocycles. The van der Waals surface area contributed by atoms with Gasteiger partial charge in [0.25, 0.3) is 0 Å². The van der Waals surface area contributed by atoms with Crippen LogP contribution in [0.5, 0.6) is 0 Å². The lowest BCUT2D eigenvalue weighted by atomic mass is 10.1. The highest BCUT2D eigenvalue weighted by Crippen LogP contribution is 2.25. The largest absolute Gasteiger partial charge is 0.481 e. The maximum absolute atomic E-state index is 11.1. The Kier molecular flexibility index (Phi) is 4.74. The summed E-state index contributed by atoms with van der Waals surface area (Å²) in [5.41, 5.74) is 3.09. The molecule has 0 amide bonds. The lowest BCUT2D eigenvalue weighted by Crippen LogP contribution is -2.00. The molecule has 0 radical (unpaired) electrons. The van der Waals surface area contributed by atoms with Gasteiger partial charge in [-0.3, -0.25) is 14.0 Å². The van der Waals surface area contributed by atoms with Crippen LogP contribution in [0.1, 0.15) is 16.8 Å². The van der Waals surface area contributed by atoms with Crippen LogP contribution in [0, 0.1) is 6.92 Å². The first kappa shape index (κ1) is 17.3. The van der Waals surface area contributed by atoms with E-state index in [4.69, 9.17) is 10.2 Å². The molecular weight excluding hydrogens is 336 g/mol. The molecule has 0 saturated carbocycles.